The lowest BCUT2D eigenvalue weighted by atomic mass is 9.92. The summed E-state index contributed by atoms with van der Waals surface area (Å²) in [5, 5.41) is 0.647. The Balaban J connectivity index is 1.98. The highest BCUT2D eigenvalue weighted by Gasteiger charge is 2.45. The lowest BCUT2D eigenvalue weighted by Crippen LogP contribution is -2.32. The Kier molecular flexibility index (Phi) is 2.22. The van der Waals surface area contributed by atoms with Crippen LogP contribution in [0.4, 0.5) is 5.13 Å². The molecule has 2 N–H and O–H groups in total. The molecule has 0 radical (unpaired) electrons. The van der Waals surface area contributed by atoms with E-state index in [0.29, 0.717) is 5.13 Å². The molecule has 0 unspecified atom stereocenters. The van der Waals surface area contributed by atoms with Crippen molar-refractivity contribution in [1.29, 1.82) is 0 Å². The summed E-state index contributed by atoms with van der Waals surface area (Å²) in [5.74, 6) is 0.972. The second-order valence-corrected chi connectivity index (χ2v) is 6.56. The topological polar surface area (TPSA) is 48.1 Å². The number of hydrogen-bond donors (Lipinski definition) is 1. The molecule has 2 aromatic rings. The second-order valence-electron chi connectivity index (χ2n) is 5.53. The Bertz CT molecular complexity index is 656. The van der Waals surface area contributed by atoms with Crippen LogP contribution in [-0.4, -0.2) is 4.98 Å². The van der Waals surface area contributed by atoms with Gasteiger partial charge in [-0.2, -0.15) is 0 Å². The summed E-state index contributed by atoms with van der Waals surface area (Å²) in [5.41, 5.74) is 9.14. The average molecular weight is 272 g/mol. The predicted molar refractivity (Wildman–Crippen MR) is 77.5 cm³/mol. The van der Waals surface area contributed by atoms with Gasteiger partial charge in [0.1, 0.15) is 11.4 Å². The quantitative estimate of drug-likeness (QED) is 0.792. The van der Waals surface area contributed by atoms with Gasteiger partial charge < -0.3 is 10.5 Å². The summed E-state index contributed by atoms with van der Waals surface area (Å²) in [6.45, 7) is 2.09. The highest BCUT2D eigenvalue weighted by atomic mass is 32.1. The van der Waals surface area contributed by atoms with Gasteiger partial charge in [-0.05, 0) is 50.3 Å². The molecular weight excluding hydrogens is 256 g/mol. The van der Waals surface area contributed by atoms with E-state index >= 15 is 0 Å². The molecule has 0 amide bonds. The van der Waals surface area contributed by atoms with Crippen LogP contribution in [-0.2, 0) is 5.60 Å². The summed E-state index contributed by atoms with van der Waals surface area (Å²) in [6.07, 6.45) is 4.60. The molecule has 1 aromatic heterocycles. The van der Waals surface area contributed by atoms with Crippen molar-refractivity contribution >= 4 is 16.5 Å². The van der Waals surface area contributed by atoms with Crippen molar-refractivity contribution < 1.29 is 4.74 Å². The molecule has 1 aromatic carbocycles. The molecule has 4 rings (SSSR count). The smallest absolute Gasteiger partial charge is 0.180 e. The summed E-state index contributed by atoms with van der Waals surface area (Å²) >= 11 is 1.60. The predicted octanol–water partition coefficient (Wildman–Crippen LogP) is 3.86. The third-order valence-electron chi connectivity index (χ3n) is 4.17. The van der Waals surface area contributed by atoms with Gasteiger partial charge in [0.15, 0.2) is 5.13 Å². The molecule has 98 valence electrons. The number of ether oxygens (including phenoxy) is 1. The number of benzene rings is 1. The van der Waals surface area contributed by atoms with E-state index in [-0.39, 0.29) is 5.60 Å². The van der Waals surface area contributed by atoms with Crippen molar-refractivity contribution in [2.75, 3.05) is 5.73 Å². The maximum absolute atomic E-state index is 6.42. The van der Waals surface area contributed by atoms with Crippen LogP contribution in [0.15, 0.2) is 18.2 Å². The third kappa shape index (κ3) is 1.53. The van der Waals surface area contributed by atoms with Crippen molar-refractivity contribution in [3.63, 3.8) is 0 Å². The summed E-state index contributed by atoms with van der Waals surface area (Å²) in [6, 6.07) is 6.33. The van der Waals surface area contributed by atoms with Crippen LogP contribution >= 0.6 is 11.3 Å². The van der Waals surface area contributed by atoms with Crippen molar-refractivity contribution in [1.82, 2.24) is 4.98 Å². The number of aryl methyl sites for hydroxylation is 1. The normalized spacial score (nSPS) is 19.0. The summed E-state index contributed by atoms with van der Waals surface area (Å²) in [4.78, 5) is 5.79. The summed E-state index contributed by atoms with van der Waals surface area (Å²) in [7, 11) is 0. The minimum atomic E-state index is -0.161. The first kappa shape index (κ1) is 11.3. The highest BCUT2D eigenvalue weighted by molar-refractivity contribution is 7.16. The number of aromatic nitrogens is 1. The monoisotopic (exact) mass is 272 g/mol. The molecule has 0 saturated heterocycles. The van der Waals surface area contributed by atoms with E-state index in [2.05, 4.69) is 30.1 Å². The summed E-state index contributed by atoms with van der Waals surface area (Å²) < 4.78 is 6.42. The van der Waals surface area contributed by atoms with Crippen molar-refractivity contribution in [2.45, 2.75) is 38.2 Å². The van der Waals surface area contributed by atoms with E-state index in [4.69, 9.17) is 10.5 Å². The Morgan fingerprint density at radius 3 is 2.89 bits per heavy atom. The number of rotatable bonds is 0. The van der Waals surface area contributed by atoms with Gasteiger partial charge >= 0.3 is 0 Å². The number of nitrogens with zero attached hydrogens (tertiary/aromatic N) is 1. The zero-order chi connectivity index (χ0) is 13.0. The van der Waals surface area contributed by atoms with E-state index < -0.39 is 0 Å². The molecule has 1 fully saturated rings. The molecule has 2 aliphatic rings. The fourth-order valence-electron chi connectivity index (χ4n) is 3.27. The van der Waals surface area contributed by atoms with Gasteiger partial charge in [0.25, 0.3) is 0 Å². The maximum atomic E-state index is 6.42. The molecule has 1 spiro atoms. The fraction of sp³-hybridized carbons (Fsp3) is 0.400. The number of anilines is 1. The van der Waals surface area contributed by atoms with Gasteiger partial charge in [-0.25, -0.2) is 4.98 Å². The Hall–Kier alpha value is -1.55. The molecule has 0 bridgehead atoms. The van der Waals surface area contributed by atoms with Crippen molar-refractivity contribution in [3.8, 4) is 17.0 Å². The largest absolute Gasteiger partial charge is 0.481 e. The molecule has 1 aliphatic carbocycles. The zero-order valence-electron chi connectivity index (χ0n) is 10.9. The Morgan fingerprint density at radius 1 is 1.32 bits per heavy atom. The standard InChI is InChI=1S/C15H16N2OS/c1-9-4-5-10-11(8-9)18-15(6-2-3-7-15)13-12(10)17-14(16)19-13/h4-5,8H,2-3,6-7H2,1H3,(H2,16,17). The van der Waals surface area contributed by atoms with Crippen LogP contribution < -0.4 is 10.5 Å². The van der Waals surface area contributed by atoms with E-state index in [1.807, 2.05) is 0 Å². The number of nitrogens with two attached hydrogens (primary N) is 1. The van der Waals surface area contributed by atoms with Crippen LogP contribution in [0, 0.1) is 6.92 Å². The Morgan fingerprint density at radius 2 is 2.11 bits per heavy atom. The van der Waals surface area contributed by atoms with Crippen LogP contribution in [0.5, 0.6) is 5.75 Å². The maximum Gasteiger partial charge on any atom is 0.180 e. The van der Waals surface area contributed by atoms with E-state index in [9.17, 15) is 0 Å². The van der Waals surface area contributed by atoms with Crippen LogP contribution in [0.25, 0.3) is 11.3 Å². The first-order valence-electron chi connectivity index (χ1n) is 6.75. The zero-order valence-corrected chi connectivity index (χ0v) is 11.7. The SMILES string of the molecule is Cc1ccc2c(c1)OC1(CCCC1)c1sc(N)nc1-2. The second kappa shape index (κ2) is 3.73. The lowest BCUT2D eigenvalue weighted by molar-refractivity contribution is 0.0748. The minimum absolute atomic E-state index is 0.161. The fourth-order valence-corrected chi connectivity index (χ4v) is 4.30. The van der Waals surface area contributed by atoms with Gasteiger partial charge in [-0.15, -0.1) is 0 Å². The molecule has 19 heavy (non-hydrogen) atoms. The van der Waals surface area contributed by atoms with Gasteiger partial charge in [-0.1, -0.05) is 17.4 Å². The average Bonchev–Trinajstić information content (AvgIpc) is 2.97. The third-order valence-corrected chi connectivity index (χ3v) is 5.24. The van der Waals surface area contributed by atoms with Gasteiger partial charge in [0.2, 0.25) is 0 Å². The minimum Gasteiger partial charge on any atom is -0.481 e. The van der Waals surface area contributed by atoms with Crippen LogP contribution in [0.1, 0.15) is 36.1 Å². The van der Waals surface area contributed by atoms with Crippen molar-refractivity contribution in [2.24, 2.45) is 0 Å². The van der Waals surface area contributed by atoms with Crippen LogP contribution in [0.3, 0.4) is 0 Å². The van der Waals surface area contributed by atoms with E-state index in [0.717, 1.165) is 29.8 Å². The molecule has 3 nitrogen and oxygen atoms in total. The number of nitrogen functional groups attached to an aromatic ring is 1. The van der Waals surface area contributed by atoms with Crippen molar-refractivity contribution in [3.05, 3.63) is 28.6 Å². The number of hydrogen-bond acceptors (Lipinski definition) is 4. The highest BCUT2D eigenvalue weighted by Crippen LogP contribution is 2.54. The first-order chi connectivity index (χ1) is 9.18. The molecular formula is C15H16N2OS. The molecule has 1 aliphatic heterocycles. The van der Waals surface area contributed by atoms with E-state index in [1.165, 1.54) is 23.3 Å². The lowest BCUT2D eigenvalue weighted by Gasteiger charge is -2.34. The first-order valence-corrected chi connectivity index (χ1v) is 7.56. The van der Waals surface area contributed by atoms with Crippen LogP contribution in [0.2, 0.25) is 0 Å². The van der Waals surface area contributed by atoms with E-state index in [1.54, 1.807) is 11.3 Å². The number of thiazole rings is 1. The molecule has 4 heteroatoms. The molecule has 2 heterocycles. The van der Waals surface area contributed by atoms with Gasteiger partial charge in [0.05, 0.1) is 10.6 Å². The molecule has 0 atom stereocenters. The van der Waals surface area contributed by atoms with Gasteiger partial charge in [-0.3, -0.25) is 0 Å². The molecule has 1 saturated carbocycles. The number of fused-ring (bicyclic) bond motifs is 4. The van der Waals surface area contributed by atoms with Gasteiger partial charge in [0, 0.05) is 5.56 Å². The Labute approximate surface area is 116 Å².